The maximum atomic E-state index is 13.6. The number of H-pyrrole nitrogens is 1. The molecule has 21 heavy (non-hydrogen) atoms. The normalized spacial score (nSPS) is 18.0. The SMILES string of the molecule is CC1CNCCN1C(=O)c1cc(F)cc2[nH]cnc12.Cl.Cl. The number of rotatable bonds is 1. The number of carbonyl (C=O) groups is 1. The molecule has 3 rings (SSSR count). The molecule has 2 N–H and O–H groups in total. The summed E-state index contributed by atoms with van der Waals surface area (Å²) in [4.78, 5) is 21.3. The Kier molecular flexibility index (Phi) is 5.95. The highest BCUT2D eigenvalue weighted by Crippen LogP contribution is 2.20. The first-order chi connectivity index (χ1) is 9.16. The maximum absolute atomic E-state index is 13.6. The average molecular weight is 335 g/mol. The van der Waals surface area contributed by atoms with Crippen molar-refractivity contribution in [1.29, 1.82) is 0 Å². The largest absolute Gasteiger partial charge is 0.344 e. The van der Waals surface area contributed by atoms with Gasteiger partial charge in [0.15, 0.2) is 0 Å². The molecule has 116 valence electrons. The number of imidazole rings is 1. The molecule has 0 spiro atoms. The highest BCUT2D eigenvalue weighted by atomic mass is 35.5. The number of nitrogens with zero attached hydrogens (tertiary/aromatic N) is 2. The molecule has 1 aliphatic rings. The number of halogens is 3. The van der Waals surface area contributed by atoms with Gasteiger partial charge in [-0.2, -0.15) is 0 Å². The van der Waals surface area contributed by atoms with Crippen molar-refractivity contribution in [2.45, 2.75) is 13.0 Å². The molecule has 1 amide bonds. The van der Waals surface area contributed by atoms with Gasteiger partial charge in [0.05, 0.1) is 17.4 Å². The van der Waals surface area contributed by atoms with Crippen molar-refractivity contribution in [3.63, 3.8) is 0 Å². The number of carbonyl (C=O) groups excluding carboxylic acids is 1. The minimum Gasteiger partial charge on any atom is -0.344 e. The van der Waals surface area contributed by atoms with Gasteiger partial charge in [-0.15, -0.1) is 24.8 Å². The standard InChI is InChI=1S/C13H15FN4O.2ClH/c1-8-6-15-2-3-18(8)13(19)10-4-9(14)5-11-12(10)17-7-16-11;;/h4-5,7-8,15H,2-3,6H2,1H3,(H,16,17);2*1H. The van der Waals surface area contributed by atoms with E-state index in [0.29, 0.717) is 23.1 Å². The van der Waals surface area contributed by atoms with Crippen molar-refractivity contribution in [3.8, 4) is 0 Å². The van der Waals surface area contributed by atoms with Crippen LogP contribution in [0.25, 0.3) is 11.0 Å². The van der Waals surface area contributed by atoms with Gasteiger partial charge in [-0.25, -0.2) is 9.37 Å². The number of piperazine rings is 1. The highest BCUT2D eigenvalue weighted by Gasteiger charge is 2.26. The first kappa shape index (κ1) is 17.7. The molecule has 0 radical (unpaired) electrons. The smallest absolute Gasteiger partial charge is 0.256 e. The minimum absolute atomic E-state index is 0. The lowest BCUT2D eigenvalue weighted by Crippen LogP contribution is -2.52. The zero-order chi connectivity index (χ0) is 13.4. The van der Waals surface area contributed by atoms with Gasteiger partial charge in [-0.3, -0.25) is 4.79 Å². The summed E-state index contributed by atoms with van der Waals surface area (Å²) < 4.78 is 13.6. The van der Waals surface area contributed by atoms with E-state index in [-0.39, 0.29) is 36.8 Å². The van der Waals surface area contributed by atoms with Crippen LogP contribution in [0.4, 0.5) is 4.39 Å². The van der Waals surface area contributed by atoms with Gasteiger partial charge in [-0.1, -0.05) is 0 Å². The first-order valence-electron chi connectivity index (χ1n) is 6.31. The molecule has 8 heteroatoms. The monoisotopic (exact) mass is 334 g/mol. The van der Waals surface area contributed by atoms with Gasteiger partial charge in [0.2, 0.25) is 0 Å². The third-order valence-electron chi connectivity index (χ3n) is 3.48. The minimum atomic E-state index is -0.428. The van der Waals surface area contributed by atoms with E-state index in [1.165, 1.54) is 18.5 Å². The van der Waals surface area contributed by atoms with Crippen LogP contribution in [-0.4, -0.2) is 46.5 Å². The van der Waals surface area contributed by atoms with Crippen LogP contribution in [-0.2, 0) is 0 Å². The maximum Gasteiger partial charge on any atom is 0.256 e. The number of hydrogen-bond donors (Lipinski definition) is 2. The van der Waals surface area contributed by atoms with Crippen LogP contribution in [0.15, 0.2) is 18.5 Å². The average Bonchev–Trinajstić information content (AvgIpc) is 2.85. The summed E-state index contributed by atoms with van der Waals surface area (Å²) in [6.45, 7) is 4.12. The van der Waals surface area contributed by atoms with Crippen molar-refractivity contribution in [1.82, 2.24) is 20.2 Å². The number of nitrogens with one attached hydrogen (secondary N) is 2. The first-order valence-corrected chi connectivity index (χ1v) is 6.31. The molecule has 1 aromatic heterocycles. The van der Waals surface area contributed by atoms with E-state index in [2.05, 4.69) is 15.3 Å². The molecule has 1 atom stereocenters. The lowest BCUT2D eigenvalue weighted by atomic mass is 10.1. The van der Waals surface area contributed by atoms with Gasteiger partial charge < -0.3 is 15.2 Å². The fourth-order valence-corrected chi connectivity index (χ4v) is 2.48. The second-order valence-electron chi connectivity index (χ2n) is 4.80. The third-order valence-corrected chi connectivity index (χ3v) is 3.48. The van der Waals surface area contributed by atoms with E-state index in [9.17, 15) is 9.18 Å². The quantitative estimate of drug-likeness (QED) is 0.838. The fourth-order valence-electron chi connectivity index (χ4n) is 2.48. The van der Waals surface area contributed by atoms with E-state index < -0.39 is 5.82 Å². The Morgan fingerprint density at radius 2 is 2.19 bits per heavy atom. The molecular formula is C13H17Cl2FN4O. The summed E-state index contributed by atoms with van der Waals surface area (Å²) in [6.07, 6.45) is 1.47. The van der Waals surface area contributed by atoms with E-state index in [0.717, 1.165) is 13.1 Å². The molecule has 1 aliphatic heterocycles. The lowest BCUT2D eigenvalue weighted by Gasteiger charge is -2.34. The fraction of sp³-hybridized carbons (Fsp3) is 0.385. The molecule has 0 aliphatic carbocycles. The van der Waals surface area contributed by atoms with Crippen molar-refractivity contribution in [3.05, 3.63) is 29.8 Å². The van der Waals surface area contributed by atoms with Crippen LogP contribution in [0.5, 0.6) is 0 Å². The van der Waals surface area contributed by atoms with E-state index in [1.807, 2.05) is 6.92 Å². The van der Waals surface area contributed by atoms with Crippen LogP contribution < -0.4 is 5.32 Å². The molecule has 1 fully saturated rings. The molecule has 1 aromatic carbocycles. The number of fused-ring (bicyclic) bond motifs is 1. The predicted octanol–water partition coefficient (Wildman–Crippen LogP) is 1.98. The zero-order valence-corrected chi connectivity index (χ0v) is 13.1. The Hall–Kier alpha value is -1.37. The number of amides is 1. The summed E-state index contributed by atoms with van der Waals surface area (Å²) in [5, 5.41) is 3.22. The van der Waals surface area contributed by atoms with E-state index in [1.54, 1.807) is 4.90 Å². The molecule has 2 aromatic rings. The summed E-state index contributed by atoms with van der Waals surface area (Å²) in [5.41, 5.74) is 1.40. The van der Waals surface area contributed by atoms with Crippen molar-refractivity contribution >= 4 is 41.8 Å². The molecule has 1 unspecified atom stereocenters. The van der Waals surface area contributed by atoms with E-state index >= 15 is 0 Å². The summed E-state index contributed by atoms with van der Waals surface area (Å²) in [6, 6.07) is 2.71. The molecule has 1 saturated heterocycles. The Bertz CT molecular complexity index is 634. The number of aromatic nitrogens is 2. The van der Waals surface area contributed by atoms with Crippen LogP contribution >= 0.6 is 24.8 Å². The molecular weight excluding hydrogens is 318 g/mol. The van der Waals surface area contributed by atoms with Crippen LogP contribution in [0.2, 0.25) is 0 Å². The second-order valence-corrected chi connectivity index (χ2v) is 4.80. The van der Waals surface area contributed by atoms with Crippen molar-refractivity contribution in [2.75, 3.05) is 19.6 Å². The van der Waals surface area contributed by atoms with Gasteiger partial charge in [0.25, 0.3) is 5.91 Å². The zero-order valence-electron chi connectivity index (χ0n) is 11.4. The van der Waals surface area contributed by atoms with Gasteiger partial charge >= 0.3 is 0 Å². The van der Waals surface area contributed by atoms with Crippen LogP contribution in [0.1, 0.15) is 17.3 Å². The summed E-state index contributed by atoms with van der Waals surface area (Å²) in [7, 11) is 0. The van der Waals surface area contributed by atoms with Crippen LogP contribution in [0.3, 0.4) is 0 Å². The van der Waals surface area contributed by atoms with Crippen molar-refractivity contribution in [2.24, 2.45) is 0 Å². The summed E-state index contributed by atoms with van der Waals surface area (Å²) >= 11 is 0. The van der Waals surface area contributed by atoms with Gasteiger partial charge in [0, 0.05) is 25.7 Å². The van der Waals surface area contributed by atoms with Gasteiger partial charge in [-0.05, 0) is 19.1 Å². The van der Waals surface area contributed by atoms with E-state index in [4.69, 9.17) is 0 Å². The lowest BCUT2D eigenvalue weighted by molar-refractivity contribution is 0.0657. The molecule has 0 saturated carbocycles. The summed E-state index contributed by atoms with van der Waals surface area (Å²) in [5.74, 6) is -0.589. The Labute approximate surface area is 134 Å². The number of benzene rings is 1. The van der Waals surface area contributed by atoms with Crippen LogP contribution in [0, 0.1) is 5.82 Å². The molecule has 0 bridgehead atoms. The number of aromatic amines is 1. The van der Waals surface area contributed by atoms with Gasteiger partial charge in [0.1, 0.15) is 11.3 Å². The molecule has 2 heterocycles. The Morgan fingerprint density at radius 1 is 1.43 bits per heavy atom. The third kappa shape index (κ3) is 3.28. The van der Waals surface area contributed by atoms with Crippen molar-refractivity contribution < 1.29 is 9.18 Å². The Morgan fingerprint density at radius 3 is 2.90 bits per heavy atom. The predicted molar refractivity (Wildman–Crippen MR) is 83.9 cm³/mol. The second kappa shape index (κ2) is 7.06. The molecule has 5 nitrogen and oxygen atoms in total. The highest BCUT2D eigenvalue weighted by molar-refractivity contribution is 6.05. The topological polar surface area (TPSA) is 61.0 Å². The number of hydrogen-bond acceptors (Lipinski definition) is 3. The Balaban J connectivity index is 0.00000110.